The minimum atomic E-state index is -0.0930. The van der Waals surface area contributed by atoms with Crippen molar-refractivity contribution < 1.29 is 9.53 Å². The van der Waals surface area contributed by atoms with E-state index in [1.165, 1.54) is 11.8 Å². The summed E-state index contributed by atoms with van der Waals surface area (Å²) in [5, 5.41) is 5.59. The zero-order chi connectivity index (χ0) is 29.6. The Labute approximate surface area is 255 Å². The van der Waals surface area contributed by atoms with Crippen LogP contribution in [0.1, 0.15) is 12.5 Å². The average Bonchev–Trinajstić information content (AvgIpc) is 3.62. The zero-order valence-electron chi connectivity index (χ0n) is 23.8. The van der Waals surface area contributed by atoms with Crippen molar-refractivity contribution in [3.05, 3.63) is 138 Å². The molecule has 1 aliphatic rings. The van der Waals surface area contributed by atoms with Gasteiger partial charge in [-0.25, -0.2) is 9.67 Å². The highest BCUT2D eigenvalue weighted by atomic mass is 32.2. The molecular formula is C36H30N4O2S. The number of carbonyl (C=O) groups excluding carboxylic acids is 1. The largest absolute Gasteiger partial charge is 0.494 e. The Morgan fingerprint density at radius 2 is 1.56 bits per heavy atom. The van der Waals surface area contributed by atoms with Crippen LogP contribution in [0.4, 0.5) is 5.69 Å². The summed E-state index contributed by atoms with van der Waals surface area (Å²) in [5.74, 6) is 0.695. The zero-order valence-corrected chi connectivity index (χ0v) is 24.6. The van der Waals surface area contributed by atoms with E-state index in [-0.39, 0.29) is 5.91 Å². The summed E-state index contributed by atoms with van der Waals surface area (Å²) in [6.45, 7) is 6.76. The summed E-state index contributed by atoms with van der Waals surface area (Å²) in [5.41, 5.74) is 6.64. The molecule has 1 saturated heterocycles. The average molecular weight is 583 g/mol. The van der Waals surface area contributed by atoms with Crippen molar-refractivity contribution in [2.24, 2.45) is 4.99 Å². The Hall–Kier alpha value is -5.14. The predicted molar refractivity (Wildman–Crippen MR) is 177 cm³/mol. The maximum atomic E-state index is 13.3. The molecule has 0 spiro atoms. The molecule has 0 saturated carbocycles. The van der Waals surface area contributed by atoms with Gasteiger partial charge in [-0.05, 0) is 72.8 Å². The fourth-order valence-corrected chi connectivity index (χ4v) is 5.79. The molecule has 6 rings (SSSR count). The van der Waals surface area contributed by atoms with Gasteiger partial charge in [0.1, 0.15) is 5.75 Å². The number of thioether (sulfide) groups is 1. The molecule has 1 fully saturated rings. The van der Waals surface area contributed by atoms with E-state index in [1.54, 1.807) is 11.0 Å². The van der Waals surface area contributed by atoms with E-state index in [0.29, 0.717) is 23.2 Å². The van der Waals surface area contributed by atoms with Crippen LogP contribution in [0.2, 0.25) is 0 Å². The second kappa shape index (κ2) is 12.8. The standard InChI is InChI=1S/C36H30N4O2S/c1-3-23-39-35(41)34(43-36(39)37-29-17-21-31(22-18-29)42-4-2)24-26-15-19-30(20-16-26)40-33(28-13-9-6-10-14-28)25-32(38-40)27-11-7-5-8-12-27/h3,5-22,24-25H,1,4,23H2,2H3/b34-24-,37-36?. The van der Waals surface area contributed by atoms with E-state index in [9.17, 15) is 4.79 Å². The molecule has 0 aliphatic carbocycles. The number of nitrogens with zero attached hydrogens (tertiary/aromatic N) is 4. The number of ether oxygens (including phenoxy) is 1. The van der Waals surface area contributed by atoms with Gasteiger partial charge in [0, 0.05) is 17.7 Å². The topological polar surface area (TPSA) is 59.7 Å². The van der Waals surface area contributed by atoms with Crippen LogP contribution in [0.25, 0.3) is 34.3 Å². The Balaban J connectivity index is 1.29. The number of hydrogen-bond donors (Lipinski definition) is 0. The molecule has 4 aromatic carbocycles. The number of aromatic nitrogens is 2. The van der Waals surface area contributed by atoms with Gasteiger partial charge in [0.2, 0.25) is 0 Å². The van der Waals surface area contributed by atoms with E-state index >= 15 is 0 Å². The molecule has 1 aromatic heterocycles. The first-order valence-electron chi connectivity index (χ1n) is 14.1. The van der Waals surface area contributed by atoms with Gasteiger partial charge in [0.05, 0.1) is 34.3 Å². The summed E-state index contributed by atoms with van der Waals surface area (Å²) < 4.78 is 7.50. The normalized spacial score (nSPS) is 14.9. The van der Waals surface area contributed by atoms with Crippen LogP contribution in [-0.4, -0.2) is 38.9 Å². The molecule has 0 radical (unpaired) electrons. The SMILES string of the molecule is C=CCN1C(=O)/C(=C/c2ccc(-n3nc(-c4ccccc4)cc3-c3ccccc3)cc2)SC1=Nc1ccc(OCC)cc1. The second-order valence-electron chi connectivity index (χ2n) is 9.79. The Morgan fingerprint density at radius 3 is 2.21 bits per heavy atom. The van der Waals surface area contributed by atoms with E-state index in [4.69, 9.17) is 14.8 Å². The van der Waals surface area contributed by atoms with Crippen LogP contribution in [-0.2, 0) is 4.79 Å². The predicted octanol–water partition coefficient (Wildman–Crippen LogP) is 8.40. The highest BCUT2D eigenvalue weighted by molar-refractivity contribution is 8.18. The summed E-state index contributed by atoms with van der Waals surface area (Å²) in [4.78, 5) is 20.3. The Bertz CT molecular complexity index is 1790. The van der Waals surface area contributed by atoms with Gasteiger partial charge in [-0.3, -0.25) is 9.69 Å². The number of benzene rings is 4. The molecule has 0 N–H and O–H groups in total. The monoisotopic (exact) mass is 582 g/mol. The van der Waals surface area contributed by atoms with Crippen molar-refractivity contribution >= 4 is 34.6 Å². The lowest BCUT2D eigenvalue weighted by atomic mass is 10.1. The summed E-state index contributed by atoms with van der Waals surface area (Å²) in [7, 11) is 0. The smallest absolute Gasteiger partial charge is 0.267 e. The lowest BCUT2D eigenvalue weighted by Gasteiger charge is -2.12. The van der Waals surface area contributed by atoms with Gasteiger partial charge in [-0.2, -0.15) is 5.10 Å². The van der Waals surface area contributed by atoms with Crippen LogP contribution in [0, 0.1) is 0 Å². The number of amidine groups is 1. The number of carbonyl (C=O) groups is 1. The molecule has 0 unspecified atom stereocenters. The highest BCUT2D eigenvalue weighted by Gasteiger charge is 2.32. The lowest BCUT2D eigenvalue weighted by molar-refractivity contribution is -0.121. The third-order valence-corrected chi connectivity index (χ3v) is 7.86. The molecule has 7 heteroatoms. The quantitative estimate of drug-likeness (QED) is 0.129. The molecule has 0 bridgehead atoms. The van der Waals surface area contributed by atoms with E-state index < -0.39 is 0 Å². The van der Waals surface area contributed by atoms with Gasteiger partial charge in [0.15, 0.2) is 5.17 Å². The van der Waals surface area contributed by atoms with Gasteiger partial charge in [-0.15, -0.1) is 6.58 Å². The van der Waals surface area contributed by atoms with E-state index in [2.05, 4.69) is 36.9 Å². The minimum absolute atomic E-state index is 0.0930. The van der Waals surface area contributed by atoms with Crippen LogP contribution < -0.4 is 4.74 Å². The van der Waals surface area contributed by atoms with Crippen molar-refractivity contribution in [1.82, 2.24) is 14.7 Å². The number of rotatable bonds is 9. The van der Waals surface area contributed by atoms with Crippen molar-refractivity contribution in [2.45, 2.75) is 6.92 Å². The van der Waals surface area contributed by atoms with Crippen molar-refractivity contribution in [1.29, 1.82) is 0 Å². The van der Waals surface area contributed by atoms with Crippen molar-refractivity contribution in [2.75, 3.05) is 13.2 Å². The van der Waals surface area contributed by atoms with Gasteiger partial charge in [0.25, 0.3) is 5.91 Å². The van der Waals surface area contributed by atoms with Gasteiger partial charge >= 0.3 is 0 Å². The fourth-order valence-electron chi connectivity index (χ4n) is 4.78. The molecule has 1 aliphatic heterocycles. The summed E-state index contributed by atoms with van der Waals surface area (Å²) in [6, 6.07) is 38.2. The van der Waals surface area contributed by atoms with Crippen LogP contribution in [0.5, 0.6) is 5.75 Å². The maximum absolute atomic E-state index is 13.3. The third kappa shape index (κ3) is 6.22. The van der Waals surface area contributed by atoms with Crippen LogP contribution >= 0.6 is 11.8 Å². The van der Waals surface area contributed by atoms with Crippen molar-refractivity contribution in [3.8, 4) is 34.0 Å². The molecule has 43 heavy (non-hydrogen) atoms. The maximum Gasteiger partial charge on any atom is 0.267 e. The molecule has 1 amide bonds. The summed E-state index contributed by atoms with van der Waals surface area (Å²) in [6.07, 6.45) is 3.62. The third-order valence-electron chi connectivity index (χ3n) is 6.86. The molecule has 5 aromatic rings. The van der Waals surface area contributed by atoms with Gasteiger partial charge < -0.3 is 4.74 Å². The number of amides is 1. The highest BCUT2D eigenvalue weighted by Crippen LogP contribution is 2.35. The number of hydrogen-bond acceptors (Lipinski definition) is 5. The fraction of sp³-hybridized carbons (Fsp3) is 0.0833. The molecular weight excluding hydrogens is 552 g/mol. The first kappa shape index (κ1) is 28.0. The van der Waals surface area contributed by atoms with E-state index in [0.717, 1.165) is 45.2 Å². The second-order valence-corrected chi connectivity index (χ2v) is 10.8. The lowest BCUT2D eigenvalue weighted by Crippen LogP contribution is -2.29. The van der Waals surface area contributed by atoms with Crippen LogP contribution in [0.15, 0.2) is 138 Å². The molecule has 2 heterocycles. The summed E-state index contributed by atoms with van der Waals surface area (Å²) >= 11 is 1.36. The first-order valence-corrected chi connectivity index (χ1v) is 14.9. The Morgan fingerprint density at radius 1 is 0.884 bits per heavy atom. The van der Waals surface area contributed by atoms with E-state index in [1.807, 2.05) is 103 Å². The van der Waals surface area contributed by atoms with Gasteiger partial charge in [-0.1, -0.05) is 78.9 Å². The molecule has 6 nitrogen and oxygen atoms in total. The van der Waals surface area contributed by atoms with Crippen molar-refractivity contribution in [3.63, 3.8) is 0 Å². The minimum Gasteiger partial charge on any atom is -0.494 e. The Kier molecular flexibility index (Phi) is 8.33. The van der Waals surface area contributed by atoms with Crippen LogP contribution in [0.3, 0.4) is 0 Å². The number of aliphatic imine (C=N–C) groups is 1. The first-order chi connectivity index (χ1) is 21.1. The molecule has 212 valence electrons. The molecule has 0 atom stereocenters.